The summed E-state index contributed by atoms with van der Waals surface area (Å²) in [4.78, 5) is 19.0. The van der Waals surface area contributed by atoms with Crippen LogP contribution in [0.15, 0.2) is 55.1 Å². The zero-order valence-corrected chi connectivity index (χ0v) is 15.6. The molecule has 6 nitrogen and oxygen atoms in total. The lowest BCUT2D eigenvalue weighted by atomic mass is 10.0. The van der Waals surface area contributed by atoms with Crippen LogP contribution in [0, 0.1) is 12.7 Å². The number of benzene rings is 2. The van der Waals surface area contributed by atoms with Crippen LogP contribution in [0.5, 0.6) is 0 Å². The van der Waals surface area contributed by atoms with Gasteiger partial charge in [-0.15, -0.1) is 0 Å². The smallest absolute Gasteiger partial charge is 0.254 e. The van der Waals surface area contributed by atoms with Crippen LogP contribution in [0.4, 0.5) is 4.39 Å². The van der Waals surface area contributed by atoms with Crippen LogP contribution in [0.2, 0.25) is 0 Å². The number of aromatic nitrogens is 3. The SMILES string of the molecule is Cc1cc(C2CN(C(=O)c3ccccc3Cn3cncn3)CCO2)ccc1F. The van der Waals surface area contributed by atoms with Crippen molar-refractivity contribution >= 4 is 5.91 Å². The van der Waals surface area contributed by atoms with Crippen molar-refractivity contribution in [1.82, 2.24) is 19.7 Å². The second-order valence-corrected chi connectivity index (χ2v) is 6.87. The van der Waals surface area contributed by atoms with Gasteiger partial charge in [-0.3, -0.25) is 4.79 Å². The van der Waals surface area contributed by atoms with E-state index in [0.29, 0.717) is 37.4 Å². The van der Waals surface area contributed by atoms with Crippen molar-refractivity contribution in [2.24, 2.45) is 0 Å². The highest BCUT2D eigenvalue weighted by Gasteiger charge is 2.27. The predicted molar refractivity (Wildman–Crippen MR) is 101 cm³/mol. The molecule has 1 saturated heterocycles. The molecule has 1 aromatic heterocycles. The quantitative estimate of drug-likeness (QED) is 0.698. The van der Waals surface area contributed by atoms with Gasteiger partial charge in [0.2, 0.25) is 0 Å². The number of aryl methyl sites for hydroxylation is 1. The van der Waals surface area contributed by atoms with E-state index in [2.05, 4.69) is 10.1 Å². The van der Waals surface area contributed by atoms with Crippen LogP contribution in [0.1, 0.15) is 33.2 Å². The van der Waals surface area contributed by atoms with E-state index in [1.165, 1.54) is 12.4 Å². The molecule has 2 aromatic carbocycles. The molecular formula is C21H21FN4O2. The number of amides is 1. The molecule has 0 aliphatic carbocycles. The van der Waals surface area contributed by atoms with E-state index < -0.39 is 0 Å². The lowest BCUT2D eigenvalue weighted by Crippen LogP contribution is -2.42. The maximum absolute atomic E-state index is 13.6. The van der Waals surface area contributed by atoms with Gasteiger partial charge in [0, 0.05) is 12.1 Å². The molecule has 4 rings (SSSR count). The molecule has 144 valence electrons. The highest BCUT2D eigenvalue weighted by atomic mass is 19.1. The second kappa shape index (κ2) is 7.90. The monoisotopic (exact) mass is 380 g/mol. The van der Waals surface area contributed by atoms with Gasteiger partial charge in [0.1, 0.15) is 24.6 Å². The number of morpholine rings is 1. The fourth-order valence-electron chi connectivity index (χ4n) is 3.43. The molecule has 1 fully saturated rings. The number of carbonyl (C=O) groups is 1. The van der Waals surface area contributed by atoms with Crippen LogP contribution in [0.25, 0.3) is 0 Å². The lowest BCUT2D eigenvalue weighted by Gasteiger charge is -2.33. The summed E-state index contributed by atoms with van der Waals surface area (Å²) < 4.78 is 21.1. The zero-order chi connectivity index (χ0) is 19.5. The first-order valence-electron chi connectivity index (χ1n) is 9.19. The minimum absolute atomic E-state index is 0.0390. The molecule has 1 aliphatic heterocycles. The maximum Gasteiger partial charge on any atom is 0.254 e. The molecule has 7 heteroatoms. The van der Waals surface area contributed by atoms with Gasteiger partial charge >= 0.3 is 0 Å². The third kappa shape index (κ3) is 3.80. The summed E-state index contributed by atoms with van der Waals surface area (Å²) >= 11 is 0. The van der Waals surface area contributed by atoms with E-state index in [1.54, 1.807) is 35.0 Å². The molecule has 2 heterocycles. The first-order valence-corrected chi connectivity index (χ1v) is 9.19. The van der Waals surface area contributed by atoms with Gasteiger partial charge in [-0.25, -0.2) is 14.1 Å². The van der Waals surface area contributed by atoms with Crippen LogP contribution in [-0.4, -0.2) is 45.3 Å². The van der Waals surface area contributed by atoms with E-state index in [4.69, 9.17) is 4.74 Å². The maximum atomic E-state index is 13.6. The first kappa shape index (κ1) is 18.3. The van der Waals surface area contributed by atoms with Gasteiger partial charge in [0.15, 0.2) is 0 Å². The lowest BCUT2D eigenvalue weighted by molar-refractivity contribution is -0.0229. The molecule has 0 saturated carbocycles. The van der Waals surface area contributed by atoms with Crippen LogP contribution >= 0.6 is 0 Å². The number of ether oxygens (including phenoxy) is 1. The number of halogens is 1. The van der Waals surface area contributed by atoms with Crippen molar-refractivity contribution in [3.05, 3.63) is 83.2 Å². The Morgan fingerprint density at radius 2 is 2.14 bits per heavy atom. The van der Waals surface area contributed by atoms with Gasteiger partial charge < -0.3 is 9.64 Å². The summed E-state index contributed by atoms with van der Waals surface area (Å²) in [6.07, 6.45) is 2.84. The molecule has 0 N–H and O–H groups in total. The normalized spacial score (nSPS) is 16.9. The highest BCUT2D eigenvalue weighted by Crippen LogP contribution is 2.25. The Kier molecular flexibility index (Phi) is 5.16. The van der Waals surface area contributed by atoms with Gasteiger partial charge in [-0.1, -0.05) is 30.3 Å². The summed E-state index contributed by atoms with van der Waals surface area (Å²) in [5, 5.41) is 4.12. The standard InChI is InChI=1S/C21H21FN4O2/c1-15-10-16(6-7-19(15)22)20-12-25(8-9-28-20)21(27)18-5-3-2-4-17(18)11-26-14-23-13-24-26/h2-7,10,13-14,20H,8-9,11-12H2,1H3. The summed E-state index contributed by atoms with van der Waals surface area (Å²) in [5.41, 5.74) is 2.99. The van der Waals surface area contributed by atoms with E-state index in [1.807, 2.05) is 24.3 Å². The first-order chi connectivity index (χ1) is 13.6. The summed E-state index contributed by atoms with van der Waals surface area (Å²) in [6.45, 7) is 3.60. The molecule has 28 heavy (non-hydrogen) atoms. The number of carbonyl (C=O) groups excluding carboxylic acids is 1. The van der Waals surface area contributed by atoms with Crippen molar-refractivity contribution < 1.29 is 13.9 Å². The minimum Gasteiger partial charge on any atom is -0.370 e. The van der Waals surface area contributed by atoms with Gasteiger partial charge in [0.05, 0.1) is 19.7 Å². The largest absolute Gasteiger partial charge is 0.370 e. The molecule has 0 spiro atoms. The van der Waals surface area contributed by atoms with Crippen molar-refractivity contribution in [2.75, 3.05) is 19.7 Å². The van der Waals surface area contributed by atoms with E-state index in [0.717, 1.165) is 11.1 Å². The van der Waals surface area contributed by atoms with Gasteiger partial charge in [-0.05, 0) is 35.7 Å². The molecule has 0 radical (unpaired) electrons. The molecule has 3 aromatic rings. The van der Waals surface area contributed by atoms with E-state index in [-0.39, 0.29) is 17.8 Å². The molecular weight excluding hydrogens is 359 g/mol. The summed E-state index contributed by atoms with van der Waals surface area (Å²) in [6, 6.07) is 12.5. The summed E-state index contributed by atoms with van der Waals surface area (Å²) in [7, 11) is 0. The molecule has 1 aliphatic rings. The molecule has 1 amide bonds. The predicted octanol–water partition coefficient (Wildman–Crippen LogP) is 2.99. The molecule has 1 atom stereocenters. The second-order valence-electron chi connectivity index (χ2n) is 6.87. The Bertz CT molecular complexity index is 974. The van der Waals surface area contributed by atoms with Crippen LogP contribution in [-0.2, 0) is 11.3 Å². The Morgan fingerprint density at radius 3 is 2.93 bits per heavy atom. The average Bonchev–Trinajstić information content (AvgIpc) is 3.23. The number of hydrogen-bond acceptors (Lipinski definition) is 4. The van der Waals surface area contributed by atoms with Crippen molar-refractivity contribution in [2.45, 2.75) is 19.6 Å². The summed E-state index contributed by atoms with van der Waals surface area (Å²) in [5.74, 6) is -0.280. The van der Waals surface area contributed by atoms with E-state index in [9.17, 15) is 9.18 Å². The van der Waals surface area contributed by atoms with Crippen molar-refractivity contribution in [3.63, 3.8) is 0 Å². The van der Waals surface area contributed by atoms with Gasteiger partial charge in [0.25, 0.3) is 5.91 Å². The Balaban J connectivity index is 1.54. The van der Waals surface area contributed by atoms with E-state index >= 15 is 0 Å². The van der Waals surface area contributed by atoms with Crippen molar-refractivity contribution in [3.8, 4) is 0 Å². The minimum atomic E-state index is -0.264. The number of hydrogen-bond donors (Lipinski definition) is 0. The zero-order valence-electron chi connectivity index (χ0n) is 15.6. The third-order valence-corrected chi connectivity index (χ3v) is 4.95. The Hall–Kier alpha value is -3.06. The number of rotatable bonds is 4. The topological polar surface area (TPSA) is 60.2 Å². The average molecular weight is 380 g/mol. The van der Waals surface area contributed by atoms with Gasteiger partial charge in [-0.2, -0.15) is 5.10 Å². The van der Waals surface area contributed by atoms with Crippen molar-refractivity contribution in [1.29, 1.82) is 0 Å². The molecule has 1 unspecified atom stereocenters. The van der Waals surface area contributed by atoms with Crippen LogP contribution in [0.3, 0.4) is 0 Å². The fraction of sp³-hybridized carbons (Fsp3) is 0.286. The Labute approximate surface area is 162 Å². The third-order valence-electron chi connectivity index (χ3n) is 4.95. The highest BCUT2D eigenvalue weighted by molar-refractivity contribution is 5.95. The number of nitrogens with zero attached hydrogens (tertiary/aromatic N) is 4. The van der Waals surface area contributed by atoms with Crippen LogP contribution < -0.4 is 0 Å². The fourth-order valence-corrected chi connectivity index (χ4v) is 3.43. The Morgan fingerprint density at radius 1 is 1.29 bits per heavy atom. The molecule has 0 bridgehead atoms.